The van der Waals surface area contributed by atoms with E-state index >= 15 is 0 Å². The van der Waals surface area contributed by atoms with E-state index in [1.165, 1.54) is 30.6 Å². The van der Waals surface area contributed by atoms with E-state index in [9.17, 15) is 0 Å². The van der Waals surface area contributed by atoms with Gasteiger partial charge in [-0.2, -0.15) is 0 Å². The Labute approximate surface area is 171 Å². The van der Waals surface area contributed by atoms with Crippen LogP contribution in [0.4, 0.5) is 0 Å². The van der Waals surface area contributed by atoms with Crippen molar-refractivity contribution in [2.24, 2.45) is 22.7 Å². The summed E-state index contributed by atoms with van der Waals surface area (Å²) < 4.78 is 5.49. The van der Waals surface area contributed by atoms with Gasteiger partial charge in [-0.3, -0.25) is 9.89 Å². The lowest BCUT2D eigenvalue weighted by atomic mass is 9.91. The van der Waals surface area contributed by atoms with Gasteiger partial charge in [0.25, 0.3) is 0 Å². The zero-order chi connectivity index (χ0) is 19.9. The topological polar surface area (TPSA) is 40.1 Å². The van der Waals surface area contributed by atoms with E-state index in [1.807, 2.05) is 7.05 Å². The Morgan fingerprint density at radius 3 is 2.46 bits per heavy atom. The summed E-state index contributed by atoms with van der Waals surface area (Å²) in [5.41, 5.74) is 2.70. The van der Waals surface area contributed by atoms with Gasteiger partial charge < -0.3 is 15.0 Å². The van der Waals surface area contributed by atoms with Crippen molar-refractivity contribution >= 4 is 5.96 Å². The number of hydrogen-bond acceptors (Lipinski definition) is 3. The molecule has 0 aliphatic carbocycles. The summed E-state index contributed by atoms with van der Waals surface area (Å²) in [6.45, 7) is 11.8. The van der Waals surface area contributed by atoms with Crippen LogP contribution in [0.5, 0.6) is 0 Å². The number of piperidine rings is 1. The molecule has 1 aromatic rings. The van der Waals surface area contributed by atoms with Crippen molar-refractivity contribution in [1.29, 1.82) is 0 Å². The van der Waals surface area contributed by atoms with Crippen LogP contribution in [0, 0.1) is 17.8 Å². The first-order valence-corrected chi connectivity index (χ1v) is 10.8. The summed E-state index contributed by atoms with van der Waals surface area (Å²) in [4.78, 5) is 9.26. The third kappa shape index (κ3) is 6.21. The summed E-state index contributed by atoms with van der Waals surface area (Å²) >= 11 is 0. The minimum absolute atomic E-state index is 0.614. The number of guanidine groups is 1. The Bertz CT molecular complexity index is 614. The van der Waals surface area contributed by atoms with Crippen molar-refractivity contribution in [1.82, 2.24) is 15.1 Å². The van der Waals surface area contributed by atoms with Crippen LogP contribution in [0.25, 0.3) is 0 Å². The molecule has 0 spiro atoms. The van der Waals surface area contributed by atoms with E-state index in [2.05, 4.69) is 65.3 Å². The molecule has 1 N–H and O–H groups in total. The Kier molecular flexibility index (Phi) is 7.74. The van der Waals surface area contributed by atoms with Gasteiger partial charge in [-0.1, -0.05) is 38.1 Å². The van der Waals surface area contributed by atoms with Gasteiger partial charge in [0.1, 0.15) is 0 Å². The van der Waals surface area contributed by atoms with Gasteiger partial charge in [-0.25, -0.2) is 0 Å². The molecule has 0 aromatic heterocycles. The van der Waals surface area contributed by atoms with Gasteiger partial charge in [-0.15, -0.1) is 0 Å². The van der Waals surface area contributed by atoms with Gasteiger partial charge in [0.15, 0.2) is 5.96 Å². The van der Waals surface area contributed by atoms with Crippen molar-refractivity contribution < 1.29 is 4.74 Å². The maximum absolute atomic E-state index is 5.49. The molecule has 0 bridgehead atoms. The average Bonchev–Trinajstić information content (AvgIpc) is 3.15. The Morgan fingerprint density at radius 1 is 1.18 bits per heavy atom. The van der Waals surface area contributed by atoms with Crippen LogP contribution in [-0.2, 0) is 17.8 Å². The monoisotopic (exact) mass is 386 g/mol. The molecule has 3 unspecified atom stereocenters. The number of nitrogens with zero attached hydrogens (tertiary/aromatic N) is 3. The number of aliphatic imine (C=N–C) groups is 1. The van der Waals surface area contributed by atoms with Crippen molar-refractivity contribution in [2.75, 3.05) is 46.9 Å². The van der Waals surface area contributed by atoms with Crippen LogP contribution in [0.2, 0.25) is 0 Å². The molecule has 0 saturated carbocycles. The molecular weight excluding hydrogens is 348 g/mol. The van der Waals surface area contributed by atoms with Crippen LogP contribution in [0.3, 0.4) is 0 Å². The standard InChI is InChI=1S/C23H38N4O/c1-18-11-19(2)14-27(13-18)16-21-7-5-20(6-8-21)12-25-23(24-3)26(4)15-22-9-10-28-17-22/h5-8,18-19,22H,9-17H2,1-4H3,(H,24,25). The molecular formula is C23H38N4O. The molecule has 2 saturated heterocycles. The summed E-state index contributed by atoms with van der Waals surface area (Å²) in [6, 6.07) is 9.06. The highest BCUT2D eigenvalue weighted by Crippen LogP contribution is 2.22. The summed E-state index contributed by atoms with van der Waals surface area (Å²) in [5.74, 6) is 3.19. The minimum atomic E-state index is 0.614. The molecule has 2 fully saturated rings. The fourth-order valence-corrected chi connectivity index (χ4v) is 4.71. The molecule has 28 heavy (non-hydrogen) atoms. The van der Waals surface area contributed by atoms with E-state index in [4.69, 9.17) is 4.74 Å². The first-order valence-electron chi connectivity index (χ1n) is 10.8. The van der Waals surface area contributed by atoms with Crippen molar-refractivity contribution in [2.45, 2.75) is 39.8 Å². The highest BCUT2D eigenvalue weighted by molar-refractivity contribution is 5.79. The molecule has 3 atom stereocenters. The predicted octanol–water partition coefficient (Wildman–Crippen LogP) is 3.21. The van der Waals surface area contributed by atoms with E-state index in [0.29, 0.717) is 5.92 Å². The second kappa shape index (κ2) is 10.3. The number of hydrogen-bond donors (Lipinski definition) is 1. The maximum Gasteiger partial charge on any atom is 0.193 e. The summed E-state index contributed by atoms with van der Waals surface area (Å²) in [5, 5.41) is 3.50. The summed E-state index contributed by atoms with van der Waals surface area (Å²) in [6.07, 6.45) is 2.52. The molecule has 2 heterocycles. The highest BCUT2D eigenvalue weighted by atomic mass is 16.5. The van der Waals surface area contributed by atoms with E-state index < -0.39 is 0 Å². The maximum atomic E-state index is 5.49. The van der Waals surface area contributed by atoms with Crippen molar-refractivity contribution in [3.8, 4) is 0 Å². The molecule has 5 nitrogen and oxygen atoms in total. The lowest BCUT2D eigenvalue weighted by Gasteiger charge is -2.35. The lowest BCUT2D eigenvalue weighted by Crippen LogP contribution is -2.41. The largest absolute Gasteiger partial charge is 0.381 e. The van der Waals surface area contributed by atoms with E-state index in [1.54, 1.807) is 0 Å². The first-order chi connectivity index (χ1) is 13.5. The molecule has 0 amide bonds. The fraction of sp³-hybridized carbons (Fsp3) is 0.696. The Hall–Kier alpha value is -1.59. The Balaban J connectivity index is 1.46. The fourth-order valence-electron chi connectivity index (χ4n) is 4.71. The van der Waals surface area contributed by atoms with Gasteiger partial charge in [-0.05, 0) is 35.8 Å². The number of nitrogens with one attached hydrogen (secondary N) is 1. The van der Waals surface area contributed by atoms with Gasteiger partial charge in [0, 0.05) is 59.3 Å². The third-order valence-corrected chi connectivity index (χ3v) is 5.95. The van der Waals surface area contributed by atoms with E-state index in [0.717, 1.165) is 57.1 Å². The van der Waals surface area contributed by atoms with Crippen LogP contribution >= 0.6 is 0 Å². The Morgan fingerprint density at radius 2 is 1.86 bits per heavy atom. The first kappa shape index (κ1) is 21.1. The molecule has 1 aromatic carbocycles. The molecule has 156 valence electrons. The van der Waals surface area contributed by atoms with Crippen LogP contribution < -0.4 is 5.32 Å². The minimum Gasteiger partial charge on any atom is -0.381 e. The second-order valence-electron chi connectivity index (χ2n) is 8.97. The molecule has 0 radical (unpaired) electrons. The average molecular weight is 387 g/mol. The third-order valence-electron chi connectivity index (χ3n) is 5.95. The number of ether oxygens (including phenoxy) is 1. The zero-order valence-electron chi connectivity index (χ0n) is 18.2. The smallest absolute Gasteiger partial charge is 0.193 e. The molecule has 2 aliphatic rings. The summed E-state index contributed by atoms with van der Waals surface area (Å²) in [7, 11) is 3.96. The molecule has 5 heteroatoms. The SMILES string of the molecule is CN=C(NCc1ccc(CN2CC(C)CC(C)C2)cc1)N(C)CC1CCOC1. The quantitative estimate of drug-likeness (QED) is 0.602. The molecule has 2 aliphatic heterocycles. The van der Waals surface area contributed by atoms with Gasteiger partial charge in [0.2, 0.25) is 0 Å². The van der Waals surface area contributed by atoms with Crippen LogP contribution in [0.15, 0.2) is 29.3 Å². The normalized spacial score (nSPS) is 26.4. The number of rotatable bonds is 6. The van der Waals surface area contributed by atoms with Crippen molar-refractivity contribution in [3.63, 3.8) is 0 Å². The molecule has 3 rings (SSSR count). The van der Waals surface area contributed by atoms with Gasteiger partial charge in [0.05, 0.1) is 6.61 Å². The lowest BCUT2D eigenvalue weighted by molar-refractivity contribution is 0.134. The van der Waals surface area contributed by atoms with E-state index in [-0.39, 0.29) is 0 Å². The number of likely N-dealkylation sites (tertiary alicyclic amines) is 1. The van der Waals surface area contributed by atoms with Crippen LogP contribution in [-0.4, -0.2) is 62.7 Å². The second-order valence-corrected chi connectivity index (χ2v) is 8.97. The van der Waals surface area contributed by atoms with Crippen LogP contribution in [0.1, 0.15) is 37.8 Å². The zero-order valence-corrected chi connectivity index (χ0v) is 18.2. The number of benzene rings is 1. The van der Waals surface area contributed by atoms with Crippen molar-refractivity contribution in [3.05, 3.63) is 35.4 Å². The highest BCUT2D eigenvalue weighted by Gasteiger charge is 2.21. The van der Waals surface area contributed by atoms with Gasteiger partial charge >= 0.3 is 0 Å². The predicted molar refractivity (Wildman–Crippen MR) is 116 cm³/mol.